The Bertz CT molecular complexity index is 684. The first-order valence-electron chi connectivity index (χ1n) is 7.99. The van der Waals surface area contributed by atoms with Crippen molar-refractivity contribution in [3.8, 4) is 0 Å². The summed E-state index contributed by atoms with van der Waals surface area (Å²) in [7, 11) is 3.76. The second-order valence-corrected chi connectivity index (χ2v) is 6.15. The van der Waals surface area contributed by atoms with Gasteiger partial charge in [-0.2, -0.15) is 0 Å². The molecule has 1 heterocycles. The van der Waals surface area contributed by atoms with Gasteiger partial charge in [0.2, 0.25) is 0 Å². The van der Waals surface area contributed by atoms with Crippen molar-refractivity contribution in [1.29, 1.82) is 0 Å². The normalized spacial score (nSPS) is 16.2. The lowest BCUT2D eigenvalue weighted by atomic mass is 9.96. The zero-order valence-corrected chi connectivity index (χ0v) is 14.0. The molecule has 2 N–H and O–H groups in total. The molecule has 23 heavy (non-hydrogen) atoms. The molecule has 0 aliphatic heterocycles. The van der Waals surface area contributed by atoms with E-state index < -0.39 is 0 Å². The Morgan fingerprint density at radius 2 is 1.96 bits per heavy atom. The van der Waals surface area contributed by atoms with Gasteiger partial charge in [0.15, 0.2) is 11.8 Å². The Labute approximate surface area is 137 Å². The average Bonchev–Trinajstić information content (AvgIpc) is 3.32. The first-order valence-corrected chi connectivity index (χ1v) is 7.99. The number of rotatable bonds is 5. The maximum Gasteiger partial charge on any atom is 0.191 e. The van der Waals surface area contributed by atoms with Crippen LogP contribution in [0.3, 0.4) is 0 Å². The minimum Gasteiger partial charge on any atom is -0.356 e. The predicted molar refractivity (Wildman–Crippen MR) is 91.3 cm³/mol. The highest BCUT2D eigenvalue weighted by atomic mass is 15.3. The Balaban J connectivity index is 1.55. The van der Waals surface area contributed by atoms with E-state index in [0.717, 1.165) is 24.2 Å². The van der Waals surface area contributed by atoms with Crippen LogP contribution in [-0.2, 0) is 19.0 Å². The van der Waals surface area contributed by atoms with Gasteiger partial charge >= 0.3 is 0 Å². The number of benzene rings is 1. The van der Waals surface area contributed by atoms with Crippen LogP contribution in [0.25, 0.3) is 0 Å². The Morgan fingerprint density at radius 1 is 1.22 bits per heavy atom. The zero-order valence-electron chi connectivity index (χ0n) is 14.0. The van der Waals surface area contributed by atoms with Crippen molar-refractivity contribution < 1.29 is 0 Å². The van der Waals surface area contributed by atoms with Crippen molar-refractivity contribution in [1.82, 2.24) is 25.4 Å². The Kier molecular flexibility index (Phi) is 4.32. The fraction of sp³-hybridized carbons (Fsp3) is 0.471. The fourth-order valence-corrected chi connectivity index (χ4v) is 2.75. The van der Waals surface area contributed by atoms with E-state index in [9.17, 15) is 0 Å². The van der Waals surface area contributed by atoms with Crippen LogP contribution in [-0.4, -0.2) is 34.3 Å². The van der Waals surface area contributed by atoms with E-state index in [0.29, 0.717) is 6.54 Å². The zero-order chi connectivity index (χ0) is 16.3. The van der Waals surface area contributed by atoms with E-state index in [4.69, 9.17) is 0 Å². The molecule has 1 aromatic heterocycles. The molecular weight excluding hydrogens is 288 g/mol. The summed E-state index contributed by atoms with van der Waals surface area (Å²) in [5.74, 6) is 2.60. The molecule has 2 aromatic rings. The third-order valence-electron chi connectivity index (χ3n) is 4.65. The number of guanidine groups is 1. The summed E-state index contributed by atoms with van der Waals surface area (Å²) in [4.78, 5) is 4.30. The molecule has 1 aliphatic rings. The molecule has 0 bridgehead atoms. The van der Waals surface area contributed by atoms with Crippen LogP contribution in [0.2, 0.25) is 0 Å². The lowest BCUT2D eigenvalue weighted by molar-refractivity contribution is 0.639. The predicted octanol–water partition coefficient (Wildman–Crippen LogP) is 1.52. The quantitative estimate of drug-likeness (QED) is 0.649. The lowest BCUT2D eigenvalue weighted by Gasteiger charge is -2.19. The van der Waals surface area contributed by atoms with Gasteiger partial charge in [-0.05, 0) is 25.3 Å². The van der Waals surface area contributed by atoms with Crippen molar-refractivity contribution in [2.75, 3.05) is 13.6 Å². The molecule has 1 aromatic carbocycles. The maximum absolute atomic E-state index is 4.30. The van der Waals surface area contributed by atoms with Crippen LogP contribution in [0.15, 0.2) is 35.3 Å². The van der Waals surface area contributed by atoms with Gasteiger partial charge in [0.25, 0.3) is 0 Å². The van der Waals surface area contributed by atoms with Crippen molar-refractivity contribution >= 4 is 5.96 Å². The van der Waals surface area contributed by atoms with Gasteiger partial charge in [0.1, 0.15) is 5.82 Å². The van der Waals surface area contributed by atoms with Crippen molar-refractivity contribution in [3.05, 3.63) is 47.5 Å². The summed E-state index contributed by atoms with van der Waals surface area (Å²) in [5.41, 5.74) is 1.67. The van der Waals surface area contributed by atoms with Crippen LogP contribution >= 0.6 is 0 Å². The molecule has 1 fully saturated rings. The summed E-state index contributed by atoms with van der Waals surface area (Å²) < 4.78 is 1.98. The first-order chi connectivity index (χ1) is 11.1. The molecular formula is C17H24N6. The third kappa shape index (κ3) is 3.36. The lowest BCUT2D eigenvalue weighted by Crippen LogP contribution is -2.41. The van der Waals surface area contributed by atoms with Gasteiger partial charge in [0.05, 0.1) is 6.54 Å². The number of hydrogen-bond donors (Lipinski definition) is 2. The van der Waals surface area contributed by atoms with E-state index in [1.807, 2.05) is 18.5 Å². The summed E-state index contributed by atoms with van der Waals surface area (Å²) in [6, 6.07) is 10.7. The standard InChI is InChI=1S/C17H24N6/c1-13-21-22-15(23(13)3)11-19-16(18-2)20-12-17(9-10-17)14-7-5-4-6-8-14/h4-8H,9-12H2,1-3H3,(H2,18,19,20). The highest BCUT2D eigenvalue weighted by Crippen LogP contribution is 2.47. The second kappa shape index (κ2) is 6.40. The van der Waals surface area contributed by atoms with E-state index in [-0.39, 0.29) is 5.41 Å². The SMILES string of the molecule is CN=C(NCc1nnc(C)n1C)NCC1(c2ccccc2)CC1. The first kappa shape index (κ1) is 15.5. The monoisotopic (exact) mass is 312 g/mol. The topological polar surface area (TPSA) is 67.1 Å². The number of nitrogens with zero attached hydrogens (tertiary/aromatic N) is 4. The van der Waals surface area contributed by atoms with Crippen LogP contribution in [0, 0.1) is 6.92 Å². The molecule has 1 aliphatic carbocycles. The van der Waals surface area contributed by atoms with Crippen LogP contribution in [0.4, 0.5) is 0 Å². The van der Waals surface area contributed by atoms with Gasteiger partial charge in [-0.15, -0.1) is 10.2 Å². The van der Waals surface area contributed by atoms with Gasteiger partial charge < -0.3 is 15.2 Å². The summed E-state index contributed by atoms with van der Waals surface area (Å²) in [5, 5.41) is 15.0. The van der Waals surface area contributed by atoms with E-state index >= 15 is 0 Å². The summed E-state index contributed by atoms with van der Waals surface area (Å²) in [6.45, 7) is 3.45. The molecule has 0 radical (unpaired) electrons. The molecule has 0 amide bonds. The minimum atomic E-state index is 0.264. The number of hydrogen-bond acceptors (Lipinski definition) is 3. The molecule has 0 saturated heterocycles. The second-order valence-electron chi connectivity index (χ2n) is 6.15. The molecule has 6 nitrogen and oxygen atoms in total. The summed E-state index contributed by atoms with van der Waals surface area (Å²) >= 11 is 0. The number of aliphatic imine (C=N–C) groups is 1. The molecule has 6 heteroatoms. The highest BCUT2D eigenvalue weighted by Gasteiger charge is 2.43. The maximum atomic E-state index is 4.30. The smallest absolute Gasteiger partial charge is 0.191 e. The minimum absolute atomic E-state index is 0.264. The van der Waals surface area contributed by atoms with Crippen molar-refractivity contribution in [3.63, 3.8) is 0 Å². The molecule has 0 atom stereocenters. The van der Waals surface area contributed by atoms with E-state index in [1.54, 1.807) is 7.05 Å². The largest absolute Gasteiger partial charge is 0.356 e. The van der Waals surface area contributed by atoms with E-state index in [1.165, 1.54) is 18.4 Å². The van der Waals surface area contributed by atoms with Crippen LogP contribution in [0.1, 0.15) is 30.1 Å². The molecule has 0 unspecified atom stereocenters. The molecule has 0 spiro atoms. The van der Waals surface area contributed by atoms with Crippen LogP contribution in [0.5, 0.6) is 0 Å². The Morgan fingerprint density at radius 3 is 2.52 bits per heavy atom. The number of aromatic nitrogens is 3. The summed E-state index contributed by atoms with van der Waals surface area (Å²) in [6.07, 6.45) is 2.45. The average molecular weight is 312 g/mol. The van der Waals surface area contributed by atoms with Gasteiger partial charge in [-0.25, -0.2) is 0 Å². The highest BCUT2D eigenvalue weighted by molar-refractivity contribution is 5.79. The van der Waals surface area contributed by atoms with Gasteiger partial charge in [-0.3, -0.25) is 4.99 Å². The fourth-order valence-electron chi connectivity index (χ4n) is 2.75. The number of nitrogens with one attached hydrogen (secondary N) is 2. The molecule has 1 saturated carbocycles. The molecule has 3 rings (SSSR count). The van der Waals surface area contributed by atoms with Gasteiger partial charge in [0, 0.05) is 26.1 Å². The van der Waals surface area contributed by atoms with Crippen molar-refractivity contribution in [2.24, 2.45) is 12.0 Å². The van der Waals surface area contributed by atoms with E-state index in [2.05, 4.69) is 56.2 Å². The third-order valence-corrected chi connectivity index (χ3v) is 4.65. The van der Waals surface area contributed by atoms with Crippen molar-refractivity contribution in [2.45, 2.75) is 31.7 Å². The van der Waals surface area contributed by atoms with Gasteiger partial charge in [-0.1, -0.05) is 30.3 Å². The number of aryl methyl sites for hydroxylation is 1. The van der Waals surface area contributed by atoms with Crippen LogP contribution < -0.4 is 10.6 Å². The Hall–Kier alpha value is -2.37. The molecule has 122 valence electrons.